The molecule has 5 heteroatoms. The zero-order valence-electron chi connectivity index (χ0n) is 10.4. The van der Waals surface area contributed by atoms with Gasteiger partial charge in [-0.05, 0) is 24.1 Å². The smallest absolute Gasteiger partial charge is 0.233 e. The summed E-state index contributed by atoms with van der Waals surface area (Å²) in [6.07, 6.45) is 0.915. The monoisotopic (exact) mass is 263 g/mol. The SMILES string of the molecule is CCNCc1ccc(OCCc2cccs2)nn1. The quantitative estimate of drug-likeness (QED) is 0.832. The molecule has 0 amide bonds. The highest BCUT2D eigenvalue weighted by atomic mass is 32.1. The molecule has 4 nitrogen and oxygen atoms in total. The van der Waals surface area contributed by atoms with Crippen LogP contribution in [0.3, 0.4) is 0 Å². The molecule has 0 aliphatic heterocycles. The highest BCUT2D eigenvalue weighted by Gasteiger charge is 1.99. The van der Waals surface area contributed by atoms with Gasteiger partial charge in [0.15, 0.2) is 0 Å². The first-order valence-corrected chi connectivity index (χ1v) is 6.95. The Hall–Kier alpha value is -1.46. The van der Waals surface area contributed by atoms with Gasteiger partial charge in [-0.15, -0.1) is 16.4 Å². The fourth-order valence-electron chi connectivity index (χ4n) is 1.48. The molecule has 0 unspecified atom stereocenters. The van der Waals surface area contributed by atoms with Crippen molar-refractivity contribution < 1.29 is 4.74 Å². The summed E-state index contributed by atoms with van der Waals surface area (Å²) in [4.78, 5) is 1.33. The zero-order chi connectivity index (χ0) is 12.6. The van der Waals surface area contributed by atoms with Gasteiger partial charge in [0, 0.05) is 23.9 Å². The fourth-order valence-corrected chi connectivity index (χ4v) is 2.17. The van der Waals surface area contributed by atoms with Crippen LogP contribution >= 0.6 is 11.3 Å². The first-order valence-electron chi connectivity index (χ1n) is 6.07. The maximum absolute atomic E-state index is 5.55. The van der Waals surface area contributed by atoms with Crippen molar-refractivity contribution >= 4 is 11.3 Å². The van der Waals surface area contributed by atoms with Gasteiger partial charge in [0.25, 0.3) is 0 Å². The highest BCUT2D eigenvalue weighted by molar-refractivity contribution is 7.09. The number of nitrogens with zero attached hydrogens (tertiary/aromatic N) is 2. The Balaban J connectivity index is 1.75. The van der Waals surface area contributed by atoms with E-state index in [1.165, 1.54) is 4.88 Å². The summed E-state index contributed by atoms with van der Waals surface area (Å²) in [5.41, 5.74) is 0.933. The van der Waals surface area contributed by atoms with Gasteiger partial charge in [0.1, 0.15) is 0 Å². The van der Waals surface area contributed by atoms with Crippen molar-refractivity contribution in [3.05, 3.63) is 40.2 Å². The van der Waals surface area contributed by atoms with Gasteiger partial charge in [-0.25, -0.2) is 0 Å². The van der Waals surface area contributed by atoms with Crippen LogP contribution in [0.4, 0.5) is 0 Å². The maximum Gasteiger partial charge on any atom is 0.233 e. The van der Waals surface area contributed by atoms with Crippen molar-refractivity contribution in [2.75, 3.05) is 13.2 Å². The minimum absolute atomic E-state index is 0.590. The summed E-state index contributed by atoms with van der Waals surface area (Å²) in [7, 11) is 0. The van der Waals surface area contributed by atoms with E-state index in [2.05, 4.69) is 40.0 Å². The molecule has 0 aromatic carbocycles. The van der Waals surface area contributed by atoms with E-state index in [4.69, 9.17) is 4.74 Å². The second-order valence-corrected chi connectivity index (χ2v) is 4.85. The van der Waals surface area contributed by atoms with Gasteiger partial charge in [-0.1, -0.05) is 13.0 Å². The van der Waals surface area contributed by atoms with Crippen LogP contribution in [0.5, 0.6) is 5.88 Å². The fraction of sp³-hybridized carbons (Fsp3) is 0.385. The summed E-state index contributed by atoms with van der Waals surface area (Å²) >= 11 is 1.75. The standard InChI is InChI=1S/C13H17N3OS/c1-2-14-10-11-5-6-13(16-15-11)17-8-7-12-4-3-9-18-12/h3-6,9,14H,2,7-8,10H2,1H3. The summed E-state index contributed by atoms with van der Waals surface area (Å²) in [5, 5.41) is 13.4. The van der Waals surface area contributed by atoms with E-state index < -0.39 is 0 Å². The molecule has 0 spiro atoms. The lowest BCUT2D eigenvalue weighted by Gasteiger charge is -2.04. The third-order valence-corrected chi connectivity index (χ3v) is 3.37. The second kappa shape index (κ2) is 7.08. The Morgan fingerprint density at radius 3 is 2.89 bits per heavy atom. The van der Waals surface area contributed by atoms with Crippen molar-refractivity contribution in [3.8, 4) is 5.88 Å². The van der Waals surface area contributed by atoms with E-state index in [1.807, 2.05) is 12.1 Å². The Labute approximate surface area is 111 Å². The predicted octanol–water partition coefficient (Wildman–Crippen LogP) is 2.27. The Kier molecular flexibility index (Phi) is 5.11. The lowest BCUT2D eigenvalue weighted by atomic mass is 10.3. The van der Waals surface area contributed by atoms with E-state index in [-0.39, 0.29) is 0 Å². The van der Waals surface area contributed by atoms with Crippen LogP contribution < -0.4 is 10.1 Å². The average Bonchev–Trinajstić information content (AvgIpc) is 2.91. The van der Waals surface area contributed by atoms with E-state index >= 15 is 0 Å². The third kappa shape index (κ3) is 4.09. The van der Waals surface area contributed by atoms with Crippen LogP contribution in [-0.2, 0) is 13.0 Å². The highest BCUT2D eigenvalue weighted by Crippen LogP contribution is 2.10. The second-order valence-electron chi connectivity index (χ2n) is 3.82. The summed E-state index contributed by atoms with van der Waals surface area (Å²) in [5.74, 6) is 0.590. The lowest BCUT2D eigenvalue weighted by Crippen LogP contribution is -2.13. The van der Waals surface area contributed by atoms with Crippen molar-refractivity contribution in [1.29, 1.82) is 0 Å². The number of hydrogen-bond donors (Lipinski definition) is 1. The third-order valence-electron chi connectivity index (χ3n) is 2.43. The molecule has 18 heavy (non-hydrogen) atoms. The van der Waals surface area contributed by atoms with Gasteiger partial charge in [0.2, 0.25) is 5.88 Å². The summed E-state index contributed by atoms with van der Waals surface area (Å²) in [6, 6.07) is 7.97. The van der Waals surface area contributed by atoms with Gasteiger partial charge in [-0.2, -0.15) is 5.10 Å². The van der Waals surface area contributed by atoms with Crippen LogP contribution in [-0.4, -0.2) is 23.3 Å². The normalized spacial score (nSPS) is 10.5. The minimum atomic E-state index is 0.590. The summed E-state index contributed by atoms with van der Waals surface area (Å²) in [6.45, 7) is 4.39. The molecule has 2 aromatic heterocycles. The molecule has 0 fully saturated rings. The van der Waals surface area contributed by atoms with Crippen LogP contribution in [0, 0.1) is 0 Å². The largest absolute Gasteiger partial charge is 0.476 e. The zero-order valence-corrected chi connectivity index (χ0v) is 11.2. The molecule has 0 atom stereocenters. The van der Waals surface area contributed by atoms with Crippen molar-refractivity contribution in [2.24, 2.45) is 0 Å². The molecule has 2 aromatic rings. The molecule has 0 bridgehead atoms. The van der Waals surface area contributed by atoms with Crippen LogP contribution in [0.15, 0.2) is 29.6 Å². The number of thiophene rings is 1. The first kappa shape index (κ1) is 13.0. The maximum atomic E-state index is 5.55. The molecule has 2 heterocycles. The number of ether oxygens (including phenoxy) is 1. The average molecular weight is 263 g/mol. The molecule has 0 saturated heterocycles. The van der Waals surface area contributed by atoms with E-state index in [9.17, 15) is 0 Å². The van der Waals surface area contributed by atoms with Crippen molar-refractivity contribution in [3.63, 3.8) is 0 Å². The minimum Gasteiger partial charge on any atom is -0.476 e. The molecule has 0 aliphatic carbocycles. The Bertz CT molecular complexity index is 442. The van der Waals surface area contributed by atoms with Crippen LogP contribution in [0.1, 0.15) is 17.5 Å². The van der Waals surface area contributed by atoms with Gasteiger partial charge >= 0.3 is 0 Å². The molecule has 1 N–H and O–H groups in total. The first-order chi connectivity index (χ1) is 8.88. The Morgan fingerprint density at radius 2 is 2.22 bits per heavy atom. The molecule has 0 saturated carbocycles. The van der Waals surface area contributed by atoms with E-state index in [1.54, 1.807) is 11.3 Å². The molecule has 96 valence electrons. The molecule has 0 aliphatic rings. The van der Waals surface area contributed by atoms with Crippen molar-refractivity contribution in [1.82, 2.24) is 15.5 Å². The van der Waals surface area contributed by atoms with Gasteiger partial charge in [-0.3, -0.25) is 0 Å². The summed E-state index contributed by atoms with van der Waals surface area (Å²) < 4.78 is 5.55. The Morgan fingerprint density at radius 1 is 1.28 bits per heavy atom. The van der Waals surface area contributed by atoms with E-state index in [0.717, 1.165) is 25.2 Å². The lowest BCUT2D eigenvalue weighted by molar-refractivity contribution is 0.306. The van der Waals surface area contributed by atoms with Crippen molar-refractivity contribution in [2.45, 2.75) is 19.9 Å². The number of rotatable bonds is 7. The number of nitrogens with one attached hydrogen (secondary N) is 1. The van der Waals surface area contributed by atoms with Crippen LogP contribution in [0.25, 0.3) is 0 Å². The predicted molar refractivity (Wildman–Crippen MR) is 72.9 cm³/mol. The molecular formula is C13H17N3OS. The number of hydrogen-bond acceptors (Lipinski definition) is 5. The topological polar surface area (TPSA) is 47.0 Å². The van der Waals surface area contributed by atoms with Gasteiger partial charge < -0.3 is 10.1 Å². The number of aromatic nitrogens is 2. The van der Waals surface area contributed by atoms with E-state index in [0.29, 0.717) is 12.5 Å². The molecular weight excluding hydrogens is 246 g/mol. The van der Waals surface area contributed by atoms with Crippen LogP contribution in [0.2, 0.25) is 0 Å². The molecule has 2 rings (SSSR count). The van der Waals surface area contributed by atoms with Gasteiger partial charge in [0.05, 0.1) is 12.3 Å². The molecule has 0 radical (unpaired) electrons.